The van der Waals surface area contributed by atoms with Crippen molar-refractivity contribution in [2.75, 3.05) is 33.9 Å². The van der Waals surface area contributed by atoms with Gasteiger partial charge in [0.05, 0.1) is 20.3 Å². The summed E-state index contributed by atoms with van der Waals surface area (Å²) in [6.45, 7) is 5.97. The van der Waals surface area contributed by atoms with Crippen molar-refractivity contribution in [2.24, 2.45) is 0 Å². The second kappa shape index (κ2) is 9.13. The van der Waals surface area contributed by atoms with Crippen LogP contribution in [0, 0.1) is 0 Å². The molecule has 28 heavy (non-hydrogen) atoms. The maximum atomic E-state index is 12.6. The topological polar surface area (TPSA) is 50.8 Å². The molecule has 0 unspecified atom stereocenters. The highest BCUT2D eigenvalue weighted by Crippen LogP contribution is 2.37. The summed E-state index contributed by atoms with van der Waals surface area (Å²) >= 11 is 6.01. The Kier molecular flexibility index (Phi) is 6.60. The van der Waals surface area contributed by atoms with Crippen molar-refractivity contribution < 1.29 is 14.3 Å². The highest BCUT2D eigenvalue weighted by Gasteiger charge is 2.29. The van der Waals surface area contributed by atoms with Crippen molar-refractivity contribution in [3.05, 3.63) is 70.8 Å². The standard InChI is InChI=1S/C22H25ClN2O3/c1-4-9-25-10-8-15-12-20(27-2)21(28-3)13-18(15)19(25)14-24-22(26)16-6-5-7-17(23)11-16/h4-7,11-13,19H,1,8-10,14H2,2-3H3,(H,24,26)/t19-/m1/s1. The molecule has 3 rings (SSSR count). The first-order valence-electron chi connectivity index (χ1n) is 9.21. The minimum atomic E-state index is -0.145. The van der Waals surface area contributed by atoms with E-state index in [4.69, 9.17) is 21.1 Å². The van der Waals surface area contributed by atoms with Gasteiger partial charge in [-0.25, -0.2) is 0 Å². The van der Waals surface area contributed by atoms with E-state index in [1.54, 1.807) is 38.5 Å². The Morgan fingerprint density at radius 2 is 2.04 bits per heavy atom. The van der Waals surface area contributed by atoms with Crippen LogP contribution in [0.2, 0.25) is 5.02 Å². The van der Waals surface area contributed by atoms with Gasteiger partial charge in [0, 0.05) is 30.2 Å². The quantitative estimate of drug-likeness (QED) is 0.717. The smallest absolute Gasteiger partial charge is 0.251 e. The number of carbonyl (C=O) groups is 1. The van der Waals surface area contributed by atoms with E-state index in [2.05, 4.69) is 16.8 Å². The van der Waals surface area contributed by atoms with Gasteiger partial charge in [0.25, 0.3) is 5.91 Å². The molecule has 1 heterocycles. The number of ether oxygens (including phenoxy) is 2. The van der Waals surface area contributed by atoms with Crippen LogP contribution >= 0.6 is 11.6 Å². The first-order chi connectivity index (χ1) is 13.6. The van der Waals surface area contributed by atoms with E-state index in [-0.39, 0.29) is 11.9 Å². The number of rotatable bonds is 7. The third-order valence-electron chi connectivity index (χ3n) is 5.02. The number of fused-ring (bicyclic) bond motifs is 1. The normalized spacial score (nSPS) is 16.2. The van der Waals surface area contributed by atoms with Gasteiger partial charge in [-0.2, -0.15) is 0 Å². The van der Waals surface area contributed by atoms with Gasteiger partial charge in [0.15, 0.2) is 11.5 Å². The van der Waals surface area contributed by atoms with Gasteiger partial charge >= 0.3 is 0 Å². The molecular weight excluding hydrogens is 376 g/mol. The molecule has 0 saturated heterocycles. The molecule has 0 saturated carbocycles. The molecule has 0 aromatic heterocycles. The molecule has 1 aliphatic heterocycles. The molecule has 1 atom stereocenters. The fourth-order valence-corrected chi connectivity index (χ4v) is 3.81. The molecule has 0 aliphatic carbocycles. The van der Waals surface area contributed by atoms with Crippen LogP contribution in [0.1, 0.15) is 27.5 Å². The molecule has 0 bridgehead atoms. The predicted molar refractivity (Wildman–Crippen MR) is 112 cm³/mol. The Labute approximate surface area is 170 Å². The zero-order valence-electron chi connectivity index (χ0n) is 16.2. The van der Waals surface area contributed by atoms with E-state index < -0.39 is 0 Å². The van der Waals surface area contributed by atoms with E-state index in [1.807, 2.05) is 18.2 Å². The third-order valence-corrected chi connectivity index (χ3v) is 5.25. The van der Waals surface area contributed by atoms with Crippen LogP contribution in [0.5, 0.6) is 11.5 Å². The second-order valence-electron chi connectivity index (χ2n) is 6.68. The first kappa shape index (κ1) is 20.2. The summed E-state index contributed by atoms with van der Waals surface area (Å²) in [6, 6.07) is 11.0. The summed E-state index contributed by atoms with van der Waals surface area (Å²) in [5.41, 5.74) is 2.89. The molecule has 2 aromatic rings. The van der Waals surface area contributed by atoms with Crippen LogP contribution in [0.4, 0.5) is 0 Å². The summed E-state index contributed by atoms with van der Waals surface area (Å²) < 4.78 is 10.9. The Morgan fingerprint density at radius 3 is 2.71 bits per heavy atom. The minimum Gasteiger partial charge on any atom is -0.493 e. The van der Waals surface area contributed by atoms with Crippen LogP contribution in [0.3, 0.4) is 0 Å². The maximum Gasteiger partial charge on any atom is 0.251 e. The van der Waals surface area contributed by atoms with E-state index in [0.717, 1.165) is 30.8 Å². The Morgan fingerprint density at radius 1 is 1.29 bits per heavy atom. The SMILES string of the molecule is C=CCN1CCc2cc(OC)c(OC)cc2[C@H]1CNC(=O)c1cccc(Cl)c1. The number of benzene rings is 2. The lowest BCUT2D eigenvalue weighted by atomic mass is 9.91. The van der Waals surface area contributed by atoms with Crippen molar-refractivity contribution in [3.63, 3.8) is 0 Å². The lowest BCUT2D eigenvalue weighted by Gasteiger charge is -2.37. The lowest BCUT2D eigenvalue weighted by molar-refractivity contribution is 0.0932. The van der Waals surface area contributed by atoms with Crippen LogP contribution in [-0.4, -0.2) is 44.7 Å². The number of carbonyl (C=O) groups excluding carboxylic acids is 1. The van der Waals surface area contributed by atoms with E-state index in [0.29, 0.717) is 22.9 Å². The predicted octanol–water partition coefficient (Wildman–Crippen LogP) is 3.87. The highest BCUT2D eigenvalue weighted by atomic mass is 35.5. The van der Waals surface area contributed by atoms with Gasteiger partial charge in [0.1, 0.15) is 0 Å². The van der Waals surface area contributed by atoms with Crippen molar-refractivity contribution in [3.8, 4) is 11.5 Å². The van der Waals surface area contributed by atoms with Crippen LogP contribution < -0.4 is 14.8 Å². The van der Waals surface area contributed by atoms with Gasteiger partial charge in [-0.15, -0.1) is 6.58 Å². The fraction of sp³-hybridized carbons (Fsp3) is 0.318. The molecule has 1 N–H and O–H groups in total. The molecule has 0 fully saturated rings. The monoisotopic (exact) mass is 400 g/mol. The average Bonchev–Trinajstić information content (AvgIpc) is 2.71. The molecule has 2 aromatic carbocycles. The summed E-state index contributed by atoms with van der Waals surface area (Å²) in [5.74, 6) is 1.27. The van der Waals surface area contributed by atoms with E-state index >= 15 is 0 Å². The summed E-state index contributed by atoms with van der Waals surface area (Å²) in [7, 11) is 3.27. The van der Waals surface area contributed by atoms with Gasteiger partial charge < -0.3 is 14.8 Å². The summed E-state index contributed by atoms with van der Waals surface area (Å²) in [4.78, 5) is 14.9. The van der Waals surface area contributed by atoms with Gasteiger partial charge in [-0.05, 0) is 47.9 Å². The molecule has 1 amide bonds. The van der Waals surface area contributed by atoms with Crippen LogP contribution in [0.25, 0.3) is 0 Å². The fourth-order valence-electron chi connectivity index (χ4n) is 3.62. The van der Waals surface area contributed by atoms with Crippen molar-refractivity contribution in [2.45, 2.75) is 12.5 Å². The molecule has 148 valence electrons. The maximum absolute atomic E-state index is 12.6. The van der Waals surface area contributed by atoms with Crippen LogP contribution in [-0.2, 0) is 6.42 Å². The molecule has 0 spiro atoms. The first-order valence-corrected chi connectivity index (χ1v) is 9.58. The largest absolute Gasteiger partial charge is 0.493 e. The van der Waals surface area contributed by atoms with Crippen LogP contribution in [0.15, 0.2) is 49.1 Å². The minimum absolute atomic E-state index is 0.0182. The number of nitrogens with zero attached hydrogens (tertiary/aromatic N) is 1. The Balaban J connectivity index is 1.86. The third kappa shape index (κ3) is 4.32. The average molecular weight is 401 g/mol. The van der Waals surface area contributed by atoms with Crippen molar-refractivity contribution in [1.82, 2.24) is 10.2 Å². The molecule has 5 nitrogen and oxygen atoms in total. The second-order valence-corrected chi connectivity index (χ2v) is 7.11. The number of nitrogens with one attached hydrogen (secondary N) is 1. The van der Waals surface area contributed by atoms with Crippen molar-refractivity contribution >= 4 is 17.5 Å². The molecule has 6 heteroatoms. The number of hydrogen-bond donors (Lipinski definition) is 1. The van der Waals surface area contributed by atoms with E-state index in [9.17, 15) is 4.79 Å². The number of hydrogen-bond acceptors (Lipinski definition) is 4. The van der Waals surface area contributed by atoms with Crippen molar-refractivity contribution in [1.29, 1.82) is 0 Å². The zero-order chi connectivity index (χ0) is 20.1. The van der Waals surface area contributed by atoms with Gasteiger partial charge in [0.2, 0.25) is 0 Å². The zero-order valence-corrected chi connectivity index (χ0v) is 17.0. The lowest BCUT2D eigenvalue weighted by Crippen LogP contribution is -2.42. The number of halogens is 1. The molecule has 0 radical (unpaired) electrons. The number of methoxy groups -OCH3 is 2. The molecular formula is C22H25ClN2O3. The highest BCUT2D eigenvalue weighted by molar-refractivity contribution is 6.30. The van der Waals surface area contributed by atoms with E-state index in [1.165, 1.54) is 5.56 Å². The van der Waals surface area contributed by atoms with Gasteiger partial charge in [-0.3, -0.25) is 9.69 Å². The number of amides is 1. The summed E-state index contributed by atoms with van der Waals surface area (Å²) in [6.07, 6.45) is 2.79. The Bertz CT molecular complexity index is 869. The van der Waals surface area contributed by atoms with Gasteiger partial charge in [-0.1, -0.05) is 23.7 Å². The Hall–Kier alpha value is -2.50. The summed E-state index contributed by atoms with van der Waals surface area (Å²) in [5, 5.41) is 3.59. The molecule has 1 aliphatic rings.